The van der Waals surface area contributed by atoms with Gasteiger partial charge in [-0.1, -0.05) is 15.9 Å². The van der Waals surface area contributed by atoms with Crippen molar-refractivity contribution < 1.29 is 17.9 Å². The molecule has 1 aromatic carbocycles. The molecule has 0 spiro atoms. The summed E-state index contributed by atoms with van der Waals surface area (Å²) in [5, 5.41) is 0. The number of nitrogen functional groups attached to an aromatic ring is 1. The molecule has 0 atom stereocenters. The Morgan fingerprint density at radius 1 is 1.36 bits per heavy atom. The van der Waals surface area contributed by atoms with Crippen molar-refractivity contribution >= 4 is 21.6 Å². The lowest BCUT2D eigenvalue weighted by molar-refractivity contribution is -0.274. The molecule has 0 aromatic heterocycles. The van der Waals surface area contributed by atoms with Crippen molar-refractivity contribution in [2.24, 2.45) is 0 Å². The summed E-state index contributed by atoms with van der Waals surface area (Å²) in [6, 6.07) is 2.79. The fraction of sp³-hybridized carbons (Fsp3) is 0.250. The van der Waals surface area contributed by atoms with Gasteiger partial charge in [-0.15, -0.1) is 13.2 Å². The Morgan fingerprint density at radius 3 is 2.43 bits per heavy atom. The van der Waals surface area contributed by atoms with E-state index in [1.54, 1.807) is 13.0 Å². The lowest BCUT2D eigenvalue weighted by Crippen LogP contribution is -2.18. The summed E-state index contributed by atoms with van der Waals surface area (Å²) in [6.45, 7) is 1.60. The molecule has 6 heteroatoms. The number of ether oxygens (including phenoxy) is 1. The van der Waals surface area contributed by atoms with Gasteiger partial charge in [0.15, 0.2) is 5.75 Å². The van der Waals surface area contributed by atoms with Crippen LogP contribution in [0.4, 0.5) is 18.9 Å². The molecule has 0 aliphatic carbocycles. The molecule has 0 saturated carbocycles. The van der Waals surface area contributed by atoms with E-state index in [0.717, 1.165) is 0 Å². The number of aryl methyl sites for hydroxylation is 1. The molecule has 0 fully saturated rings. The van der Waals surface area contributed by atoms with Crippen molar-refractivity contribution in [2.75, 3.05) is 5.73 Å². The molecule has 14 heavy (non-hydrogen) atoms. The predicted octanol–water partition coefficient (Wildman–Crippen LogP) is 3.24. The van der Waals surface area contributed by atoms with E-state index < -0.39 is 6.36 Å². The van der Waals surface area contributed by atoms with E-state index in [-0.39, 0.29) is 11.4 Å². The molecule has 0 aliphatic heterocycles. The minimum absolute atomic E-state index is 0.00877. The van der Waals surface area contributed by atoms with E-state index in [0.29, 0.717) is 10.0 Å². The zero-order valence-corrected chi connectivity index (χ0v) is 8.74. The molecule has 0 bridgehead atoms. The zero-order chi connectivity index (χ0) is 10.9. The van der Waals surface area contributed by atoms with Crippen molar-refractivity contribution in [3.05, 3.63) is 22.2 Å². The molecule has 2 N–H and O–H groups in total. The van der Waals surface area contributed by atoms with Crippen LogP contribution in [0.15, 0.2) is 16.6 Å². The largest absolute Gasteiger partial charge is 0.573 e. The van der Waals surface area contributed by atoms with Gasteiger partial charge in [-0.25, -0.2) is 0 Å². The number of rotatable bonds is 1. The Balaban J connectivity index is 3.09. The van der Waals surface area contributed by atoms with Gasteiger partial charge in [0.25, 0.3) is 0 Å². The Bertz CT molecular complexity index is 351. The summed E-state index contributed by atoms with van der Waals surface area (Å²) >= 11 is 3.05. The minimum Gasteiger partial charge on any atom is -0.404 e. The highest BCUT2D eigenvalue weighted by Crippen LogP contribution is 2.33. The highest BCUT2D eigenvalue weighted by atomic mass is 79.9. The third-order valence-corrected chi connectivity index (χ3v) is 2.00. The predicted molar refractivity (Wildman–Crippen MR) is 50.0 cm³/mol. The number of hydrogen-bond donors (Lipinski definition) is 1. The summed E-state index contributed by atoms with van der Waals surface area (Å²) in [5.74, 6) is -0.385. The first kappa shape index (κ1) is 11.2. The SMILES string of the molecule is Cc1cc(Br)cc(OC(F)(F)F)c1N. The quantitative estimate of drug-likeness (QED) is 0.795. The second-order valence-electron chi connectivity index (χ2n) is 2.68. The number of nitrogens with two attached hydrogens (primary N) is 1. The molecule has 0 amide bonds. The Labute approximate surface area is 87.0 Å². The van der Waals surface area contributed by atoms with Crippen molar-refractivity contribution in [1.82, 2.24) is 0 Å². The Morgan fingerprint density at radius 2 is 1.93 bits per heavy atom. The van der Waals surface area contributed by atoms with Gasteiger partial charge in [-0.3, -0.25) is 0 Å². The molecule has 78 valence electrons. The second kappa shape index (κ2) is 3.68. The van der Waals surface area contributed by atoms with Crippen LogP contribution in [0.3, 0.4) is 0 Å². The van der Waals surface area contributed by atoms with Gasteiger partial charge in [0.05, 0.1) is 5.69 Å². The van der Waals surface area contributed by atoms with Gasteiger partial charge < -0.3 is 10.5 Å². The first-order valence-corrected chi connectivity index (χ1v) is 4.40. The standard InChI is InChI=1S/C8H7BrF3NO/c1-4-2-5(9)3-6(7(4)13)14-8(10,11)12/h2-3H,13H2,1H3. The summed E-state index contributed by atoms with van der Waals surface area (Å²) in [7, 11) is 0. The smallest absolute Gasteiger partial charge is 0.404 e. The summed E-state index contributed by atoms with van der Waals surface area (Å²) in [5.41, 5.74) is 5.93. The molecular formula is C8H7BrF3NO. The van der Waals surface area contributed by atoms with Gasteiger partial charge in [-0.2, -0.15) is 0 Å². The molecule has 1 aromatic rings. The number of benzene rings is 1. The Hall–Kier alpha value is -0.910. The van der Waals surface area contributed by atoms with Gasteiger partial charge >= 0.3 is 6.36 Å². The zero-order valence-electron chi connectivity index (χ0n) is 7.15. The van der Waals surface area contributed by atoms with E-state index >= 15 is 0 Å². The van der Waals surface area contributed by atoms with E-state index in [4.69, 9.17) is 5.73 Å². The van der Waals surface area contributed by atoms with Crippen LogP contribution in [0.2, 0.25) is 0 Å². The van der Waals surface area contributed by atoms with Crippen LogP contribution >= 0.6 is 15.9 Å². The maximum Gasteiger partial charge on any atom is 0.573 e. The van der Waals surface area contributed by atoms with E-state index in [1.165, 1.54) is 6.07 Å². The normalized spacial score (nSPS) is 11.5. The summed E-state index contributed by atoms with van der Waals surface area (Å²) in [6.07, 6.45) is -4.72. The lowest BCUT2D eigenvalue weighted by Gasteiger charge is -2.12. The van der Waals surface area contributed by atoms with Gasteiger partial charge in [0, 0.05) is 4.47 Å². The molecule has 0 saturated heterocycles. The topological polar surface area (TPSA) is 35.2 Å². The van der Waals surface area contributed by atoms with E-state index in [9.17, 15) is 13.2 Å². The van der Waals surface area contributed by atoms with Gasteiger partial charge in [0.2, 0.25) is 0 Å². The van der Waals surface area contributed by atoms with Crippen LogP contribution in [0.1, 0.15) is 5.56 Å². The monoisotopic (exact) mass is 269 g/mol. The Kier molecular flexibility index (Phi) is 2.94. The molecule has 0 heterocycles. The average Bonchev–Trinajstić information content (AvgIpc) is 1.96. The molecule has 1 rings (SSSR count). The van der Waals surface area contributed by atoms with Crippen molar-refractivity contribution in [2.45, 2.75) is 13.3 Å². The van der Waals surface area contributed by atoms with Crippen LogP contribution < -0.4 is 10.5 Å². The van der Waals surface area contributed by atoms with Crippen LogP contribution in [-0.2, 0) is 0 Å². The molecule has 0 radical (unpaired) electrons. The average molecular weight is 270 g/mol. The van der Waals surface area contributed by atoms with E-state index in [1.807, 2.05) is 0 Å². The van der Waals surface area contributed by atoms with Crippen molar-refractivity contribution in [3.63, 3.8) is 0 Å². The first-order chi connectivity index (χ1) is 6.29. The maximum absolute atomic E-state index is 11.9. The summed E-state index contributed by atoms with van der Waals surface area (Å²) < 4.78 is 39.9. The number of anilines is 1. The first-order valence-electron chi connectivity index (χ1n) is 3.61. The van der Waals surface area contributed by atoms with Crippen molar-refractivity contribution in [1.29, 1.82) is 0 Å². The van der Waals surface area contributed by atoms with Crippen LogP contribution in [-0.4, -0.2) is 6.36 Å². The molecule has 0 aliphatic rings. The van der Waals surface area contributed by atoms with Gasteiger partial charge in [-0.05, 0) is 24.6 Å². The van der Waals surface area contributed by atoms with E-state index in [2.05, 4.69) is 20.7 Å². The second-order valence-corrected chi connectivity index (χ2v) is 3.60. The van der Waals surface area contributed by atoms with Crippen LogP contribution in [0, 0.1) is 6.92 Å². The third-order valence-electron chi connectivity index (χ3n) is 1.54. The third kappa shape index (κ3) is 2.80. The van der Waals surface area contributed by atoms with Crippen molar-refractivity contribution in [3.8, 4) is 5.75 Å². The fourth-order valence-corrected chi connectivity index (χ4v) is 1.48. The summed E-state index contributed by atoms with van der Waals surface area (Å²) in [4.78, 5) is 0. The molecule has 2 nitrogen and oxygen atoms in total. The number of halogens is 4. The lowest BCUT2D eigenvalue weighted by atomic mass is 10.2. The van der Waals surface area contributed by atoms with Gasteiger partial charge in [0.1, 0.15) is 0 Å². The number of hydrogen-bond acceptors (Lipinski definition) is 2. The van der Waals surface area contributed by atoms with Crippen LogP contribution in [0.5, 0.6) is 5.75 Å². The minimum atomic E-state index is -4.72. The fourth-order valence-electron chi connectivity index (χ4n) is 0.933. The molecular weight excluding hydrogens is 263 g/mol. The highest BCUT2D eigenvalue weighted by molar-refractivity contribution is 9.10. The molecule has 0 unspecified atom stereocenters. The van der Waals surface area contributed by atoms with Crippen LogP contribution in [0.25, 0.3) is 0 Å². The number of alkyl halides is 3. The maximum atomic E-state index is 11.9. The highest BCUT2D eigenvalue weighted by Gasteiger charge is 2.32.